The molecule has 0 saturated heterocycles. The second-order valence-corrected chi connectivity index (χ2v) is 6.69. The minimum Gasteiger partial charge on any atom is -0.488 e. The summed E-state index contributed by atoms with van der Waals surface area (Å²) in [5, 5.41) is 0. The van der Waals surface area contributed by atoms with E-state index in [0.29, 0.717) is 13.2 Å². The van der Waals surface area contributed by atoms with Crippen molar-refractivity contribution in [1.29, 1.82) is 0 Å². The average molecular weight is 370 g/mol. The molecule has 0 unspecified atom stereocenters. The zero-order valence-corrected chi connectivity index (χ0v) is 16.1. The van der Waals surface area contributed by atoms with E-state index in [9.17, 15) is 0 Å². The van der Waals surface area contributed by atoms with Gasteiger partial charge in [0.05, 0.1) is 0 Å². The largest absolute Gasteiger partial charge is 0.488 e. The molecule has 0 aromatic heterocycles. The Hall–Kier alpha value is -3.40. The van der Waals surface area contributed by atoms with Gasteiger partial charge in [-0.05, 0) is 37.1 Å². The third-order valence-electron chi connectivity index (χ3n) is 4.66. The number of rotatable bonds is 0. The van der Waals surface area contributed by atoms with Crippen LogP contribution < -0.4 is 9.47 Å². The third-order valence-corrected chi connectivity index (χ3v) is 4.66. The van der Waals surface area contributed by atoms with E-state index in [0.717, 1.165) is 45.1 Å². The molecule has 0 saturated carbocycles. The molecule has 0 fully saturated rings. The van der Waals surface area contributed by atoms with Crippen LogP contribution >= 0.6 is 0 Å². The van der Waals surface area contributed by atoms with Gasteiger partial charge in [0.2, 0.25) is 0 Å². The number of benzene rings is 3. The molecule has 140 valence electrons. The number of hydrogen-bond donors (Lipinski definition) is 0. The maximum Gasteiger partial charge on any atom is 0.145 e. The SMILES string of the molecule is Cc1cccc2c1N=Cc1ccccc1C=Nc1c(C)cccc1OCCO2. The lowest BCUT2D eigenvalue weighted by atomic mass is 10.1. The molecule has 4 rings (SSSR count). The van der Waals surface area contributed by atoms with E-state index in [4.69, 9.17) is 19.5 Å². The van der Waals surface area contributed by atoms with Gasteiger partial charge < -0.3 is 9.47 Å². The Kier molecular flexibility index (Phi) is 5.20. The number of aliphatic imine (C=N–C) groups is 2. The maximum absolute atomic E-state index is 5.97. The lowest BCUT2D eigenvalue weighted by Gasteiger charge is -2.14. The van der Waals surface area contributed by atoms with Crippen molar-refractivity contribution in [3.8, 4) is 11.5 Å². The molecule has 4 heteroatoms. The van der Waals surface area contributed by atoms with Gasteiger partial charge in [0.15, 0.2) is 0 Å². The maximum atomic E-state index is 5.97. The highest BCUT2D eigenvalue weighted by atomic mass is 16.5. The van der Waals surface area contributed by atoms with Crippen molar-refractivity contribution in [2.24, 2.45) is 9.98 Å². The third kappa shape index (κ3) is 3.81. The van der Waals surface area contributed by atoms with Gasteiger partial charge in [-0.3, -0.25) is 9.98 Å². The first-order valence-electron chi connectivity index (χ1n) is 9.34. The molecule has 0 N–H and O–H groups in total. The lowest BCUT2D eigenvalue weighted by Crippen LogP contribution is -2.09. The van der Waals surface area contributed by atoms with E-state index in [2.05, 4.69) is 0 Å². The van der Waals surface area contributed by atoms with Gasteiger partial charge in [0.1, 0.15) is 36.1 Å². The van der Waals surface area contributed by atoms with Gasteiger partial charge >= 0.3 is 0 Å². The molecule has 3 aromatic rings. The summed E-state index contributed by atoms with van der Waals surface area (Å²) in [6.45, 7) is 4.93. The van der Waals surface area contributed by atoms with E-state index in [1.807, 2.05) is 86.9 Å². The topological polar surface area (TPSA) is 43.2 Å². The van der Waals surface area contributed by atoms with Crippen LogP contribution in [0.15, 0.2) is 70.6 Å². The number of ether oxygens (including phenoxy) is 2. The molecular weight excluding hydrogens is 348 g/mol. The van der Waals surface area contributed by atoms with Crippen LogP contribution in [0.2, 0.25) is 0 Å². The van der Waals surface area contributed by atoms with E-state index in [1.54, 1.807) is 0 Å². The molecular formula is C24H22N2O2. The van der Waals surface area contributed by atoms with Crippen molar-refractivity contribution >= 4 is 23.8 Å². The van der Waals surface area contributed by atoms with Crippen molar-refractivity contribution in [3.63, 3.8) is 0 Å². The Labute approximate surface area is 165 Å². The Bertz CT molecular complexity index is 970. The molecule has 0 bridgehead atoms. The fraction of sp³-hybridized carbons (Fsp3) is 0.167. The Balaban J connectivity index is 1.82. The van der Waals surface area contributed by atoms with Crippen LogP contribution in [0.1, 0.15) is 22.3 Å². The predicted molar refractivity (Wildman–Crippen MR) is 114 cm³/mol. The van der Waals surface area contributed by atoms with Crippen molar-refractivity contribution in [1.82, 2.24) is 0 Å². The number of fused-ring (bicyclic) bond motifs is 3. The van der Waals surface area contributed by atoms with Gasteiger partial charge in [0, 0.05) is 23.6 Å². The second kappa shape index (κ2) is 8.09. The fourth-order valence-corrected chi connectivity index (χ4v) is 3.15. The summed E-state index contributed by atoms with van der Waals surface area (Å²) in [7, 11) is 0. The second-order valence-electron chi connectivity index (χ2n) is 6.69. The number of nitrogens with zero attached hydrogens (tertiary/aromatic N) is 2. The zero-order chi connectivity index (χ0) is 19.3. The molecule has 4 nitrogen and oxygen atoms in total. The van der Waals surface area contributed by atoms with Crippen LogP contribution in [-0.4, -0.2) is 25.6 Å². The predicted octanol–water partition coefficient (Wildman–Crippen LogP) is 5.58. The molecule has 1 aliphatic rings. The first-order valence-corrected chi connectivity index (χ1v) is 9.34. The summed E-state index contributed by atoms with van der Waals surface area (Å²) < 4.78 is 11.9. The van der Waals surface area contributed by atoms with Crippen LogP contribution in [0.25, 0.3) is 0 Å². The molecule has 1 heterocycles. The molecule has 28 heavy (non-hydrogen) atoms. The fourth-order valence-electron chi connectivity index (χ4n) is 3.15. The summed E-state index contributed by atoms with van der Waals surface area (Å²) >= 11 is 0. The van der Waals surface area contributed by atoms with Crippen molar-refractivity contribution in [2.45, 2.75) is 13.8 Å². The lowest BCUT2D eigenvalue weighted by molar-refractivity contribution is 0.218. The highest BCUT2D eigenvalue weighted by Crippen LogP contribution is 2.33. The van der Waals surface area contributed by atoms with Gasteiger partial charge in [-0.1, -0.05) is 48.5 Å². The summed E-state index contributed by atoms with van der Waals surface area (Å²) in [5.74, 6) is 1.51. The summed E-state index contributed by atoms with van der Waals surface area (Å²) in [6, 6.07) is 20.0. The number of hydrogen-bond acceptors (Lipinski definition) is 4. The van der Waals surface area contributed by atoms with Crippen LogP contribution in [0.3, 0.4) is 0 Å². The quantitative estimate of drug-likeness (QED) is 0.519. The van der Waals surface area contributed by atoms with Crippen molar-refractivity contribution < 1.29 is 9.47 Å². The van der Waals surface area contributed by atoms with E-state index >= 15 is 0 Å². The van der Waals surface area contributed by atoms with Crippen LogP contribution in [-0.2, 0) is 0 Å². The number of para-hydroxylation sites is 2. The minimum atomic E-state index is 0.430. The summed E-state index contributed by atoms with van der Waals surface area (Å²) in [6.07, 6.45) is 3.75. The molecule has 1 aliphatic heterocycles. The van der Waals surface area contributed by atoms with Gasteiger partial charge in [0.25, 0.3) is 0 Å². The Morgan fingerprint density at radius 1 is 0.607 bits per heavy atom. The molecule has 0 radical (unpaired) electrons. The van der Waals surface area contributed by atoms with E-state index < -0.39 is 0 Å². The summed E-state index contributed by atoms with van der Waals surface area (Å²) in [4.78, 5) is 9.45. The average Bonchev–Trinajstić information content (AvgIpc) is 2.70. The Morgan fingerprint density at radius 2 is 1.07 bits per heavy atom. The van der Waals surface area contributed by atoms with Gasteiger partial charge in [-0.15, -0.1) is 0 Å². The van der Waals surface area contributed by atoms with Gasteiger partial charge in [-0.2, -0.15) is 0 Å². The van der Waals surface area contributed by atoms with E-state index in [1.165, 1.54) is 0 Å². The van der Waals surface area contributed by atoms with E-state index in [-0.39, 0.29) is 0 Å². The standard InChI is InChI=1S/C24H22N2O2/c1-17-7-5-11-21-23(17)25-15-19-9-3-4-10-20(19)16-26-24-18(2)8-6-12-22(24)28-14-13-27-21/h3-12,15-16H,13-14H2,1-2H3. The van der Waals surface area contributed by atoms with Crippen LogP contribution in [0.4, 0.5) is 11.4 Å². The molecule has 0 atom stereocenters. The first-order chi connectivity index (χ1) is 13.7. The monoisotopic (exact) mass is 370 g/mol. The minimum absolute atomic E-state index is 0.430. The summed E-state index contributed by atoms with van der Waals surface area (Å²) in [5.41, 5.74) is 5.79. The smallest absolute Gasteiger partial charge is 0.145 e. The van der Waals surface area contributed by atoms with Crippen molar-refractivity contribution in [2.75, 3.05) is 13.2 Å². The van der Waals surface area contributed by atoms with Crippen LogP contribution in [0.5, 0.6) is 11.5 Å². The molecule has 0 amide bonds. The highest BCUT2D eigenvalue weighted by Gasteiger charge is 2.09. The van der Waals surface area contributed by atoms with Crippen LogP contribution in [0, 0.1) is 13.8 Å². The first kappa shape index (κ1) is 18.0. The molecule has 3 aromatic carbocycles. The van der Waals surface area contributed by atoms with Crippen molar-refractivity contribution in [3.05, 3.63) is 82.9 Å². The number of aryl methyl sites for hydroxylation is 2. The molecule has 0 spiro atoms. The highest BCUT2D eigenvalue weighted by molar-refractivity contribution is 5.96. The zero-order valence-electron chi connectivity index (χ0n) is 16.1. The Morgan fingerprint density at radius 3 is 1.54 bits per heavy atom. The molecule has 0 aliphatic carbocycles. The van der Waals surface area contributed by atoms with Gasteiger partial charge in [-0.25, -0.2) is 0 Å². The normalized spacial score (nSPS) is 13.4.